The van der Waals surface area contributed by atoms with Gasteiger partial charge in [-0.1, -0.05) is 42.3 Å². The van der Waals surface area contributed by atoms with Crippen molar-refractivity contribution >= 4 is 52.5 Å². The van der Waals surface area contributed by atoms with Gasteiger partial charge in [-0.15, -0.1) is 0 Å². The number of halogens is 2. The van der Waals surface area contributed by atoms with Crippen LogP contribution >= 0.6 is 23.2 Å². The first-order valence-corrected chi connectivity index (χ1v) is 10.8. The number of amides is 2. The molecular weight excluding hydrogens is 421 g/mol. The molecule has 0 spiro atoms. The molecule has 30 heavy (non-hydrogen) atoms. The Morgan fingerprint density at radius 1 is 1.00 bits per heavy atom. The van der Waals surface area contributed by atoms with Crippen molar-refractivity contribution in [1.29, 1.82) is 0 Å². The lowest BCUT2D eigenvalue weighted by atomic mass is 10.2. The van der Waals surface area contributed by atoms with Gasteiger partial charge in [-0.25, -0.2) is 0 Å². The third-order valence-electron chi connectivity index (χ3n) is 4.95. The van der Waals surface area contributed by atoms with Crippen molar-refractivity contribution in [2.45, 2.75) is 19.8 Å². The largest absolute Gasteiger partial charge is 0.366 e. The number of carbonyl (C=O) groups is 2. The van der Waals surface area contributed by atoms with Crippen LogP contribution in [0, 0.1) is 0 Å². The number of nitrogens with zero attached hydrogens (tertiary/aromatic N) is 2. The van der Waals surface area contributed by atoms with Crippen LogP contribution in [0.3, 0.4) is 0 Å². The van der Waals surface area contributed by atoms with Gasteiger partial charge in [-0.05, 0) is 48.4 Å². The summed E-state index contributed by atoms with van der Waals surface area (Å²) >= 11 is 12.1. The highest BCUT2D eigenvalue weighted by Crippen LogP contribution is 2.30. The predicted octanol–water partition coefficient (Wildman–Crippen LogP) is 5.09. The van der Waals surface area contributed by atoms with Crippen LogP contribution in [0.5, 0.6) is 0 Å². The number of hydrogen-bond acceptors (Lipinski definition) is 3. The van der Waals surface area contributed by atoms with E-state index in [0.29, 0.717) is 48.3 Å². The van der Waals surface area contributed by atoms with Crippen LogP contribution in [-0.4, -0.2) is 42.9 Å². The van der Waals surface area contributed by atoms with E-state index in [-0.39, 0.29) is 11.8 Å². The summed E-state index contributed by atoms with van der Waals surface area (Å²) in [4.78, 5) is 28.7. The van der Waals surface area contributed by atoms with Crippen molar-refractivity contribution in [3.8, 4) is 0 Å². The number of rotatable bonds is 6. The molecule has 0 aromatic heterocycles. The molecule has 1 N–H and O–H groups in total. The first-order chi connectivity index (χ1) is 14.5. The van der Waals surface area contributed by atoms with E-state index in [1.54, 1.807) is 24.3 Å². The Kier molecular flexibility index (Phi) is 7.77. The first-order valence-electron chi connectivity index (χ1n) is 10.0. The molecule has 0 unspecified atom stereocenters. The summed E-state index contributed by atoms with van der Waals surface area (Å²) in [5, 5.41) is 4.12. The van der Waals surface area contributed by atoms with Gasteiger partial charge in [0.15, 0.2) is 0 Å². The lowest BCUT2D eigenvalue weighted by Gasteiger charge is -2.37. The molecule has 0 bridgehead atoms. The molecule has 1 heterocycles. The quantitative estimate of drug-likeness (QED) is 0.629. The molecular formula is C23H25Cl2N3O2. The van der Waals surface area contributed by atoms with Gasteiger partial charge < -0.3 is 15.1 Å². The second kappa shape index (κ2) is 10.5. The molecule has 0 aliphatic carbocycles. The molecule has 1 fully saturated rings. The number of benzene rings is 2. The monoisotopic (exact) mass is 445 g/mol. The molecule has 2 aromatic rings. The molecule has 7 heteroatoms. The van der Waals surface area contributed by atoms with Crippen molar-refractivity contribution in [1.82, 2.24) is 4.90 Å². The fourth-order valence-electron chi connectivity index (χ4n) is 3.37. The van der Waals surface area contributed by atoms with Crippen molar-refractivity contribution in [2.24, 2.45) is 0 Å². The van der Waals surface area contributed by atoms with Gasteiger partial charge in [-0.2, -0.15) is 0 Å². The lowest BCUT2D eigenvalue weighted by molar-refractivity contribution is -0.131. The summed E-state index contributed by atoms with van der Waals surface area (Å²) in [5.41, 5.74) is 2.44. The zero-order valence-electron chi connectivity index (χ0n) is 16.9. The molecule has 2 amide bonds. The molecule has 1 aliphatic rings. The predicted molar refractivity (Wildman–Crippen MR) is 124 cm³/mol. The van der Waals surface area contributed by atoms with Crippen LogP contribution in [0.15, 0.2) is 48.5 Å². The van der Waals surface area contributed by atoms with Gasteiger partial charge in [0.2, 0.25) is 11.8 Å². The Balaban J connectivity index is 1.67. The number of hydrogen-bond donors (Lipinski definition) is 1. The molecule has 0 radical (unpaired) electrons. The average molecular weight is 446 g/mol. The first kappa shape index (κ1) is 22.2. The number of anilines is 2. The summed E-state index contributed by atoms with van der Waals surface area (Å²) in [5.74, 6) is -0.0423. The molecule has 1 saturated heterocycles. The normalized spacial score (nSPS) is 14.2. The molecule has 0 atom stereocenters. The van der Waals surface area contributed by atoms with E-state index in [0.717, 1.165) is 17.7 Å². The molecule has 3 rings (SSSR count). The number of carbonyl (C=O) groups excluding carboxylic acids is 2. The van der Waals surface area contributed by atoms with E-state index in [1.165, 1.54) is 6.08 Å². The third kappa shape index (κ3) is 6.00. The number of piperazine rings is 1. The number of nitrogens with one attached hydrogen (secondary N) is 1. The highest BCUT2D eigenvalue weighted by molar-refractivity contribution is 6.31. The van der Waals surface area contributed by atoms with Crippen LogP contribution in [0.4, 0.5) is 11.4 Å². The van der Waals surface area contributed by atoms with Crippen LogP contribution in [0.2, 0.25) is 10.0 Å². The maximum atomic E-state index is 12.5. The van der Waals surface area contributed by atoms with Crippen molar-refractivity contribution in [3.63, 3.8) is 0 Å². The third-order valence-corrected chi connectivity index (χ3v) is 5.44. The van der Waals surface area contributed by atoms with E-state index < -0.39 is 0 Å². The maximum absolute atomic E-state index is 12.5. The standard InChI is InChI=1S/C23H25Cl2N3O2/c1-2-3-23(30)28-14-12-27(13-15-28)21-10-9-19(25)16-20(21)26-22(29)11-6-17-4-7-18(24)8-5-17/h4-11,16H,2-3,12-15H2,1H3,(H,26,29)/b11-6+. The Morgan fingerprint density at radius 2 is 1.67 bits per heavy atom. The Labute approximate surface area is 187 Å². The minimum atomic E-state index is -0.245. The van der Waals surface area contributed by atoms with Crippen LogP contribution < -0.4 is 10.2 Å². The topological polar surface area (TPSA) is 52.7 Å². The van der Waals surface area contributed by atoms with Gasteiger partial charge in [0, 0.05) is 48.7 Å². The molecule has 1 aliphatic heterocycles. The minimum absolute atomic E-state index is 0.203. The summed E-state index contributed by atoms with van der Waals surface area (Å²) in [6.07, 6.45) is 4.65. The van der Waals surface area contributed by atoms with Crippen LogP contribution in [0.25, 0.3) is 6.08 Å². The zero-order chi connectivity index (χ0) is 21.5. The summed E-state index contributed by atoms with van der Waals surface area (Å²) < 4.78 is 0. The molecule has 0 saturated carbocycles. The van der Waals surface area contributed by atoms with Crippen molar-refractivity contribution in [3.05, 3.63) is 64.1 Å². The van der Waals surface area contributed by atoms with Gasteiger partial charge in [0.05, 0.1) is 11.4 Å². The van der Waals surface area contributed by atoms with Crippen molar-refractivity contribution < 1.29 is 9.59 Å². The van der Waals surface area contributed by atoms with Crippen molar-refractivity contribution in [2.75, 3.05) is 36.4 Å². The second-order valence-corrected chi connectivity index (χ2v) is 8.03. The van der Waals surface area contributed by atoms with E-state index in [2.05, 4.69) is 10.2 Å². The van der Waals surface area contributed by atoms with Crippen LogP contribution in [0.1, 0.15) is 25.3 Å². The molecule has 158 valence electrons. The maximum Gasteiger partial charge on any atom is 0.248 e. The highest BCUT2D eigenvalue weighted by Gasteiger charge is 2.22. The fourth-order valence-corrected chi connectivity index (χ4v) is 3.67. The van der Waals surface area contributed by atoms with E-state index in [1.807, 2.05) is 36.1 Å². The van der Waals surface area contributed by atoms with Gasteiger partial charge >= 0.3 is 0 Å². The zero-order valence-corrected chi connectivity index (χ0v) is 18.4. The Morgan fingerprint density at radius 3 is 2.33 bits per heavy atom. The fraction of sp³-hybridized carbons (Fsp3) is 0.304. The van der Waals surface area contributed by atoms with E-state index >= 15 is 0 Å². The second-order valence-electron chi connectivity index (χ2n) is 7.15. The average Bonchev–Trinajstić information content (AvgIpc) is 2.74. The summed E-state index contributed by atoms with van der Waals surface area (Å²) in [6.45, 7) is 4.77. The molecule has 5 nitrogen and oxygen atoms in total. The van der Waals surface area contributed by atoms with Gasteiger partial charge in [0.25, 0.3) is 0 Å². The Hall–Kier alpha value is -2.50. The summed E-state index contributed by atoms with van der Waals surface area (Å²) in [7, 11) is 0. The van der Waals surface area contributed by atoms with E-state index in [9.17, 15) is 9.59 Å². The van der Waals surface area contributed by atoms with E-state index in [4.69, 9.17) is 23.2 Å². The highest BCUT2D eigenvalue weighted by atomic mass is 35.5. The smallest absolute Gasteiger partial charge is 0.248 e. The SMILES string of the molecule is CCCC(=O)N1CCN(c2ccc(Cl)cc2NC(=O)/C=C/c2ccc(Cl)cc2)CC1. The summed E-state index contributed by atoms with van der Waals surface area (Å²) in [6, 6.07) is 12.7. The van der Waals surface area contributed by atoms with Crippen LogP contribution in [-0.2, 0) is 9.59 Å². The lowest BCUT2D eigenvalue weighted by Crippen LogP contribution is -2.48. The molecule has 2 aromatic carbocycles. The van der Waals surface area contributed by atoms with Gasteiger partial charge in [-0.3, -0.25) is 9.59 Å². The Bertz CT molecular complexity index is 921. The van der Waals surface area contributed by atoms with Gasteiger partial charge in [0.1, 0.15) is 0 Å². The minimum Gasteiger partial charge on any atom is -0.366 e.